The SMILES string of the molecule is C=CC(=O)OCC(O)COc1ccc(-c2ccc(OCC(O)COCCC)cc2)cc1.C=CC(=O)OCOc1ccc(C[Si](OC)(OC)OC)cc1. The van der Waals surface area contributed by atoms with Crippen LogP contribution in [0.5, 0.6) is 17.2 Å². The maximum Gasteiger partial charge on any atom is 0.504 e. The number of esters is 2. The number of carbonyl (C=O) groups excluding carboxylic acids is 2. The predicted molar refractivity (Wildman–Crippen MR) is 196 cm³/mol. The van der Waals surface area contributed by atoms with E-state index < -0.39 is 33.0 Å². The highest BCUT2D eigenvalue weighted by molar-refractivity contribution is 6.60. The molecule has 13 nitrogen and oxygen atoms in total. The van der Waals surface area contributed by atoms with E-state index in [1.165, 1.54) is 0 Å². The predicted octanol–water partition coefficient (Wildman–Crippen LogP) is 4.70. The summed E-state index contributed by atoms with van der Waals surface area (Å²) in [7, 11) is 2.08. The van der Waals surface area contributed by atoms with Gasteiger partial charge in [-0.3, -0.25) is 0 Å². The number of aliphatic hydroxyl groups is 2. The fraction of sp³-hybridized carbons (Fsp3) is 0.368. The molecule has 2 atom stereocenters. The van der Waals surface area contributed by atoms with E-state index in [4.69, 9.17) is 41.7 Å². The maximum atomic E-state index is 11.0. The van der Waals surface area contributed by atoms with Crippen LogP contribution in [0, 0.1) is 0 Å². The van der Waals surface area contributed by atoms with E-state index in [9.17, 15) is 19.8 Å². The highest BCUT2D eigenvalue weighted by Gasteiger charge is 2.37. The van der Waals surface area contributed by atoms with Crippen molar-refractivity contribution in [2.24, 2.45) is 0 Å². The van der Waals surface area contributed by atoms with E-state index >= 15 is 0 Å². The topological polar surface area (TPSA) is 158 Å². The van der Waals surface area contributed by atoms with Gasteiger partial charge in [0, 0.05) is 46.1 Å². The van der Waals surface area contributed by atoms with Crippen molar-refractivity contribution >= 4 is 20.7 Å². The zero-order valence-electron chi connectivity index (χ0n) is 30.2. The fourth-order valence-corrected chi connectivity index (χ4v) is 5.87. The van der Waals surface area contributed by atoms with Gasteiger partial charge in [0.1, 0.15) is 49.3 Å². The summed E-state index contributed by atoms with van der Waals surface area (Å²) >= 11 is 0. The molecule has 0 aliphatic heterocycles. The summed E-state index contributed by atoms with van der Waals surface area (Å²) in [5, 5.41) is 19.6. The van der Waals surface area contributed by atoms with Crippen molar-refractivity contribution < 1.29 is 61.5 Å². The largest absolute Gasteiger partial charge is 0.504 e. The summed E-state index contributed by atoms with van der Waals surface area (Å²) in [6.07, 6.45) is 1.45. The summed E-state index contributed by atoms with van der Waals surface area (Å²) in [5.74, 6) is 0.747. The molecule has 0 spiro atoms. The molecule has 0 saturated heterocycles. The summed E-state index contributed by atoms with van der Waals surface area (Å²) in [5.41, 5.74) is 3.00. The van der Waals surface area contributed by atoms with Crippen LogP contribution >= 0.6 is 0 Å². The highest BCUT2D eigenvalue weighted by Crippen LogP contribution is 2.25. The second-order valence-electron chi connectivity index (χ2n) is 10.9. The molecule has 3 rings (SSSR count). The molecule has 3 aromatic carbocycles. The molecule has 0 saturated carbocycles. The van der Waals surface area contributed by atoms with E-state index in [1.54, 1.807) is 45.6 Å². The molecule has 2 unspecified atom stereocenters. The average molecular weight is 743 g/mol. The van der Waals surface area contributed by atoms with Crippen LogP contribution in [-0.4, -0.2) is 104 Å². The third-order valence-electron chi connectivity index (χ3n) is 7.04. The standard InChI is InChI=1S/C24H30O7.C14H20O6Si/c1-3-13-28-14-20(25)15-29-22-9-5-18(6-10-22)19-7-11-23(12-8-19)30-16-21(26)17-31-24(27)4-2;1-5-14(15)20-11-19-13-8-6-12(7-9-13)10-21(16-2,17-3)18-4/h4-12,20-21,25-26H,2-3,13-17H2,1H3;5-9H,1,10-11H2,2-4H3. The molecule has 14 heteroatoms. The van der Waals surface area contributed by atoms with Crippen LogP contribution in [0.15, 0.2) is 98.1 Å². The maximum absolute atomic E-state index is 11.0. The second kappa shape index (κ2) is 24.6. The number of ether oxygens (including phenoxy) is 6. The fourth-order valence-electron chi connectivity index (χ4n) is 4.20. The van der Waals surface area contributed by atoms with Crippen molar-refractivity contribution in [1.29, 1.82) is 0 Å². The second-order valence-corrected chi connectivity index (χ2v) is 13.9. The van der Waals surface area contributed by atoms with Gasteiger partial charge in [-0.05, 0) is 59.5 Å². The molecule has 2 N–H and O–H groups in total. The summed E-state index contributed by atoms with van der Waals surface area (Å²) < 4.78 is 47.3. The van der Waals surface area contributed by atoms with E-state index in [0.717, 1.165) is 35.3 Å². The lowest BCUT2D eigenvalue weighted by Crippen LogP contribution is -2.45. The Morgan fingerprint density at radius 1 is 0.654 bits per heavy atom. The van der Waals surface area contributed by atoms with Gasteiger partial charge in [0.25, 0.3) is 0 Å². The molecule has 0 aliphatic carbocycles. The Balaban J connectivity index is 0.000000389. The van der Waals surface area contributed by atoms with Crippen LogP contribution in [-0.2, 0) is 43.1 Å². The molecule has 0 radical (unpaired) electrons. The number of aliphatic hydroxyl groups excluding tert-OH is 2. The van der Waals surface area contributed by atoms with Gasteiger partial charge in [0.2, 0.25) is 6.79 Å². The normalized spacial score (nSPS) is 12.0. The van der Waals surface area contributed by atoms with Crippen molar-refractivity contribution in [3.05, 3.63) is 104 Å². The lowest BCUT2D eigenvalue weighted by Gasteiger charge is -2.24. The van der Waals surface area contributed by atoms with Crippen molar-refractivity contribution in [3.63, 3.8) is 0 Å². The monoisotopic (exact) mass is 742 g/mol. The van der Waals surface area contributed by atoms with E-state index in [1.807, 2.05) is 55.5 Å². The molecule has 0 amide bonds. The summed E-state index contributed by atoms with van der Waals surface area (Å²) in [6.45, 7) is 9.36. The van der Waals surface area contributed by atoms with Crippen LogP contribution in [0.1, 0.15) is 18.9 Å². The Labute approximate surface area is 306 Å². The van der Waals surface area contributed by atoms with Gasteiger partial charge in [-0.15, -0.1) is 0 Å². The molecule has 0 heterocycles. The molecule has 0 bridgehead atoms. The number of hydrogen-bond donors (Lipinski definition) is 2. The van der Waals surface area contributed by atoms with Gasteiger partial charge in [-0.2, -0.15) is 0 Å². The first-order valence-corrected chi connectivity index (χ1v) is 18.4. The zero-order chi connectivity index (χ0) is 38.2. The van der Waals surface area contributed by atoms with Crippen LogP contribution in [0.2, 0.25) is 0 Å². The van der Waals surface area contributed by atoms with E-state index in [-0.39, 0.29) is 33.2 Å². The molecule has 52 heavy (non-hydrogen) atoms. The van der Waals surface area contributed by atoms with Gasteiger partial charge in [0.05, 0.1) is 6.61 Å². The lowest BCUT2D eigenvalue weighted by molar-refractivity contribution is -0.144. The minimum absolute atomic E-state index is 0.00510. The minimum atomic E-state index is -2.64. The average Bonchev–Trinajstić information content (AvgIpc) is 3.18. The van der Waals surface area contributed by atoms with Gasteiger partial charge in [-0.25, -0.2) is 9.59 Å². The molecule has 284 valence electrons. The quantitative estimate of drug-likeness (QED) is 0.0454. The molecule has 0 aliphatic rings. The van der Waals surface area contributed by atoms with Crippen LogP contribution < -0.4 is 14.2 Å². The number of hydrogen-bond acceptors (Lipinski definition) is 13. The Morgan fingerprint density at radius 2 is 1.10 bits per heavy atom. The first kappa shape index (κ1) is 43.6. The minimum Gasteiger partial charge on any atom is -0.491 e. The highest BCUT2D eigenvalue weighted by atomic mass is 28.4. The van der Waals surface area contributed by atoms with Crippen molar-refractivity contribution in [1.82, 2.24) is 0 Å². The molecule has 3 aromatic rings. The van der Waals surface area contributed by atoms with Crippen molar-refractivity contribution in [3.8, 4) is 28.4 Å². The van der Waals surface area contributed by atoms with Gasteiger partial charge in [0.15, 0.2) is 0 Å². The van der Waals surface area contributed by atoms with Crippen molar-refractivity contribution in [2.75, 3.05) is 61.2 Å². The number of carbonyl (C=O) groups is 2. The van der Waals surface area contributed by atoms with Crippen molar-refractivity contribution in [2.45, 2.75) is 31.6 Å². The van der Waals surface area contributed by atoms with E-state index in [2.05, 4.69) is 13.2 Å². The Kier molecular flexibility index (Phi) is 20.6. The lowest BCUT2D eigenvalue weighted by atomic mass is 10.1. The first-order chi connectivity index (χ1) is 25.1. The van der Waals surface area contributed by atoms with Crippen LogP contribution in [0.4, 0.5) is 0 Å². The number of rotatable bonds is 23. The molecule has 0 aromatic heterocycles. The Morgan fingerprint density at radius 3 is 1.56 bits per heavy atom. The molecular weight excluding hydrogens is 692 g/mol. The van der Waals surface area contributed by atoms with Gasteiger partial charge >= 0.3 is 20.7 Å². The van der Waals surface area contributed by atoms with Gasteiger partial charge < -0.3 is 51.9 Å². The third-order valence-corrected chi connectivity index (χ3v) is 9.75. The first-order valence-electron chi connectivity index (χ1n) is 16.5. The smallest absolute Gasteiger partial charge is 0.491 e. The molecule has 0 fully saturated rings. The Bertz CT molecular complexity index is 1450. The summed E-state index contributed by atoms with van der Waals surface area (Å²) in [6, 6.07) is 22.8. The zero-order valence-corrected chi connectivity index (χ0v) is 31.2. The van der Waals surface area contributed by atoms with E-state index in [0.29, 0.717) is 29.9 Å². The van der Waals surface area contributed by atoms with Gasteiger partial charge in [-0.1, -0.05) is 56.5 Å². The number of benzene rings is 3. The third kappa shape index (κ3) is 16.6. The summed E-state index contributed by atoms with van der Waals surface area (Å²) in [4.78, 5) is 21.8. The van der Waals surface area contributed by atoms with Crippen LogP contribution in [0.25, 0.3) is 11.1 Å². The van der Waals surface area contributed by atoms with Crippen LogP contribution in [0.3, 0.4) is 0 Å². The molecular formula is C38H50O13Si. The Hall–Kier alpha value is -4.54.